The van der Waals surface area contributed by atoms with Gasteiger partial charge in [-0.25, -0.2) is 9.97 Å². The Balaban J connectivity index is 1.17. The van der Waals surface area contributed by atoms with Crippen molar-refractivity contribution in [2.45, 2.75) is 5.41 Å². The molecule has 0 bridgehead atoms. The minimum Gasteiger partial charge on any atom is -0.292 e. The fourth-order valence-corrected chi connectivity index (χ4v) is 12.0. The second-order valence-electron chi connectivity index (χ2n) is 18.0. The molecule has 3 nitrogen and oxygen atoms in total. The van der Waals surface area contributed by atoms with Crippen LogP contribution in [0.3, 0.4) is 0 Å². The summed E-state index contributed by atoms with van der Waals surface area (Å²) in [7, 11) is 0. The van der Waals surface area contributed by atoms with E-state index in [0.717, 1.165) is 56.2 Å². The van der Waals surface area contributed by atoms with Crippen LogP contribution >= 0.6 is 0 Å². The molecule has 0 amide bonds. The van der Waals surface area contributed by atoms with Crippen LogP contribution in [0.1, 0.15) is 22.4 Å². The van der Waals surface area contributed by atoms with Gasteiger partial charge >= 0.3 is 0 Å². The van der Waals surface area contributed by atoms with E-state index < -0.39 is 5.41 Å². The molecule has 66 heavy (non-hydrogen) atoms. The van der Waals surface area contributed by atoms with E-state index in [1.807, 2.05) is 0 Å². The summed E-state index contributed by atoms with van der Waals surface area (Å²) in [4.78, 5) is 12.1. The Bertz CT molecular complexity index is 3850. The van der Waals surface area contributed by atoms with Gasteiger partial charge in [-0.2, -0.15) is 0 Å². The summed E-state index contributed by atoms with van der Waals surface area (Å²) in [5, 5.41) is 4.96. The van der Waals surface area contributed by atoms with E-state index in [-0.39, 0.29) is 0 Å². The van der Waals surface area contributed by atoms with Crippen molar-refractivity contribution in [3.05, 3.63) is 247 Å². The molecule has 0 saturated carbocycles. The first-order valence-electron chi connectivity index (χ1n) is 22.8. The molecule has 2 aromatic heterocycles. The Morgan fingerprint density at radius 1 is 0.303 bits per heavy atom. The van der Waals surface area contributed by atoms with Crippen LogP contribution < -0.4 is 0 Å². The van der Waals surface area contributed by atoms with Gasteiger partial charge in [0.2, 0.25) is 0 Å². The maximum atomic E-state index is 6.21. The molecule has 3 aliphatic rings. The zero-order valence-electron chi connectivity index (χ0n) is 35.7. The van der Waals surface area contributed by atoms with Crippen LogP contribution in [0.2, 0.25) is 0 Å². The molecule has 0 fully saturated rings. The van der Waals surface area contributed by atoms with Crippen molar-refractivity contribution >= 4 is 32.6 Å². The molecule has 1 spiro atoms. The molecular weight excluding hydrogens is 799 g/mol. The molecule has 0 unspecified atom stereocenters. The van der Waals surface area contributed by atoms with E-state index in [0.29, 0.717) is 0 Å². The lowest BCUT2D eigenvalue weighted by Crippen LogP contribution is -2.27. The van der Waals surface area contributed by atoms with Gasteiger partial charge < -0.3 is 0 Å². The summed E-state index contributed by atoms with van der Waals surface area (Å²) in [6, 6.07) is 82.4. The third-order valence-electron chi connectivity index (χ3n) is 14.7. The summed E-state index contributed by atoms with van der Waals surface area (Å²) in [6.07, 6.45) is 0. The molecule has 0 radical (unpaired) electrons. The maximum Gasteiger partial charge on any atom is 0.164 e. The minimum atomic E-state index is -0.671. The van der Waals surface area contributed by atoms with Crippen LogP contribution in [0.5, 0.6) is 0 Å². The summed E-state index contributed by atoms with van der Waals surface area (Å²) >= 11 is 0. The predicted molar refractivity (Wildman–Crippen MR) is 271 cm³/mol. The summed E-state index contributed by atoms with van der Waals surface area (Å²) in [5.41, 5.74) is 22.1. The molecule has 0 aliphatic heterocycles. The zero-order valence-corrected chi connectivity index (χ0v) is 35.7. The predicted octanol–water partition coefficient (Wildman–Crippen LogP) is 15.7. The first-order valence-corrected chi connectivity index (χ1v) is 22.8. The Labute approximate surface area is 381 Å². The Morgan fingerprint density at radius 3 is 1.27 bits per heavy atom. The van der Waals surface area contributed by atoms with Gasteiger partial charge in [0.1, 0.15) is 5.69 Å². The van der Waals surface area contributed by atoms with Crippen molar-refractivity contribution in [1.82, 2.24) is 14.5 Å². The van der Waals surface area contributed by atoms with Gasteiger partial charge in [-0.3, -0.25) is 4.57 Å². The van der Waals surface area contributed by atoms with Crippen molar-refractivity contribution in [1.29, 1.82) is 0 Å². The molecule has 0 saturated heterocycles. The number of hydrogen-bond donors (Lipinski definition) is 0. The van der Waals surface area contributed by atoms with Crippen LogP contribution in [0.4, 0.5) is 0 Å². The lowest BCUT2D eigenvalue weighted by atomic mass is 9.72. The van der Waals surface area contributed by atoms with Crippen molar-refractivity contribution in [3.63, 3.8) is 0 Å². The van der Waals surface area contributed by atoms with Crippen molar-refractivity contribution < 1.29 is 0 Å². The normalized spacial score (nSPS) is 13.3. The molecule has 0 atom stereocenters. The van der Waals surface area contributed by atoms with Gasteiger partial charge in [0, 0.05) is 21.9 Å². The standard InChI is InChI=1S/C63H37N3/c1-4-18-38(19-5-1)42-34-49-46-29-16-24-40-25-17-30-47(56(40)46)50-35-43(39-20-6-2-7-21-39)37-55-58(50)57(49)54(36-42)66(55)62-59(41-22-8-3-9-23-41)64-60-48-28-12-15-33-53(48)63(61(60)65-62)51-31-13-10-26-44(51)45-27-11-14-32-52(45)63/h1-37H. The molecular formula is C63H37N3. The fraction of sp³-hybridized carbons (Fsp3) is 0.0159. The van der Waals surface area contributed by atoms with Crippen LogP contribution in [-0.4, -0.2) is 14.5 Å². The van der Waals surface area contributed by atoms with Crippen LogP contribution in [0, 0.1) is 0 Å². The van der Waals surface area contributed by atoms with Crippen LogP contribution in [0.25, 0.3) is 117 Å². The molecule has 2 heterocycles. The molecule has 304 valence electrons. The molecule has 12 aromatic rings. The third-order valence-corrected chi connectivity index (χ3v) is 14.7. The minimum absolute atomic E-state index is 0.671. The lowest BCUT2D eigenvalue weighted by Gasteiger charge is -2.29. The largest absolute Gasteiger partial charge is 0.292 e. The van der Waals surface area contributed by atoms with Crippen LogP contribution in [-0.2, 0) is 5.41 Å². The highest BCUT2D eigenvalue weighted by Crippen LogP contribution is 2.62. The first kappa shape index (κ1) is 35.8. The van der Waals surface area contributed by atoms with Gasteiger partial charge in [0.05, 0.1) is 27.8 Å². The highest BCUT2D eigenvalue weighted by Gasteiger charge is 2.54. The molecule has 10 aromatic carbocycles. The van der Waals surface area contributed by atoms with Crippen molar-refractivity contribution in [3.8, 4) is 84.0 Å². The first-order chi connectivity index (χ1) is 32.8. The summed E-state index contributed by atoms with van der Waals surface area (Å²) < 4.78 is 2.48. The Kier molecular flexibility index (Phi) is 7.15. The van der Waals surface area contributed by atoms with E-state index in [1.54, 1.807) is 0 Å². The Morgan fingerprint density at radius 2 is 0.742 bits per heavy atom. The number of rotatable bonds is 4. The van der Waals surface area contributed by atoms with Crippen molar-refractivity contribution in [2.24, 2.45) is 0 Å². The number of aromatic nitrogens is 3. The van der Waals surface area contributed by atoms with E-state index in [9.17, 15) is 0 Å². The van der Waals surface area contributed by atoms with E-state index >= 15 is 0 Å². The zero-order chi connectivity index (χ0) is 43.1. The third kappa shape index (κ3) is 4.61. The second kappa shape index (κ2) is 13.2. The highest BCUT2D eigenvalue weighted by atomic mass is 15.1. The number of hydrogen-bond acceptors (Lipinski definition) is 2. The molecule has 15 rings (SSSR count). The van der Waals surface area contributed by atoms with Crippen molar-refractivity contribution in [2.75, 3.05) is 0 Å². The molecule has 0 N–H and O–H groups in total. The van der Waals surface area contributed by atoms with Gasteiger partial charge in [-0.1, -0.05) is 200 Å². The lowest BCUT2D eigenvalue weighted by molar-refractivity contribution is 0.752. The van der Waals surface area contributed by atoms with Gasteiger partial charge in [0.25, 0.3) is 0 Å². The van der Waals surface area contributed by atoms with Gasteiger partial charge in [-0.15, -0.1) is 0 Å². The average molecular weight is 836 g/mol. The fourth-order valence-electron chi connectivity index (χ4n) is 12.0. The van der Waals surface area contributed by atoms with Crippen LogP contribution in [0.15, 0.2) is 224 Å². The summed E-state index contributed by atoms with van der Waals surface area (Å²) in [6.45, 7) is 0. The maximum absolute atomic E-state index is 6.21. The monoisotopic (exact) mass is 835 g/mol. The Hall–Kier alpha value is -8.66. The number of nitrogens with zero attached hydrogens (tertiary/aromatic N) is 3. The topological polar surface area (TPSA) is 30.7 Å². The van der Waals surface area contributed by atoms with E-state index in [1.165, 1.54) is 82.7 Å². The SMILES string of the molecule is c1ccc(-c2cc3c4c5c(cc(-c6ccccc6)cc5n(-c5nc6c(nc5-c5ccccc5)-c5ccccc5C65c6ccccc6-c6ccccc65)c4c2)-c2cccc4cccc-3c24)cc1. The molecule has 3 heteroatoms. The highest BCUT2D eigenvalue weighted by molar-refractivity contribution is 6.28. The van der Waals surface area contributed by atoms with E-state index in [2.05, 4.69) is 229 Å². The summed E-state index contributed by atoms with van der Waals surface area (Å²) in [5.74, 6) is 0.813. The number of benzene rings is 10. The van der Waals surface area contributed by atoms with Gasteiger partial charge in [-0.05, 0) is 107 Å². The van der Waals surface area contributed by atoms with Gasteiger partial charge in [0.15, 0.2) is 5.82 Å². The quantitative estimate of drug-likeness (QED) is 0.177. The molecule has 3 aliphatic carbocycles. The smallest absolute Gasteiger partial charge is 0.164 e. The number of fused-ring (bicyclic) bond motifs is 12. The second-order valence-corrected chi connectivity index (χ2v) is 18.0. The average Bonchev–Trinajstić information content (AvgIpc) is 3.96. The van der Waals surface area contributed by atoms with E-state index in [4.69, 9.17) is 9.97 Å².